The number of carbonyl (C=O) groups is 1. The molecule has 6 heteroatoms. The Labute approximate surface area is 129 Å². The molecule has 0 unspecified atom stereocenters. The summed E-state index contributed by atoms with van der Waals surface area (Å²) in [5, 5.41) is 7.21. The average molecular weight is 305 g/mol. The van der Waals surface area contributed by atoms with Gasteiger partial charge in [-0.2, -0.15) is 5.10 Å². The van der Waals surface area contributed by atoms with Gasteiger partial charge < -0.3 is 10.1 Å². The number of aryl methyl sites for hydroxylation is 1. The highest BCUT2D eigenvalue weighted by atomic mass is 19.1. The summed E-state index contributed by atoms with van der Waals surface area (Å²) in [5.41, 5.74) is 3.61. The van der Waals surface area contributed by atoms with E-state index in [1.165, 1.54) is 25.3 Å². The molecule has 118 valence electrons. The number of aromatic nitrogens is 2. The van der Waals surface area contributed by atoms with E-state index in [2.05, 4.69) is 10.4 Å². The Bertz CT molecular complexity index is 695. The molecule has 1 amide bonds. The molecule has 0 radical (unpaired) electrons. The summed E-state index contributed by atoms with van der Waals surface area (Å²) in [6, 6.07) is 4.04. The molecule has 2 aromatic rings. The third-order valence-corrected chi connectivity index (χ3v) is 3.77. The Morgan fingerprint density at radius 2 is 2.09 bits per heavy atom. The lowest BCUT2D eigenvalue weighted by molar-refractivity contribution is 0.0951. The quantitative estimate of drug-likeness (QED) is 0.923. The minimum absolute atomic E-state index is 0.0572. The first kappa shape index (κ1) is 16.0. The van der Waals surface area contributed by atoms with Crippen LogP contribution in [0.4, 0.5) is 4.39 Å². The van der Waals surface area contributed by atoms with Gasteiger partial charge in [0.2, 0.25) is 0 Å². The number of benzene rings is 1. The lowest BCUT2D eigenvalue weighted by atomic mass is 10.2. The first-order valence-electron chi connectivity index (χ1n) is 7.06. The molecule has 0 aliphatic carbocycles. The second kappa shape index (κ2) is 6.60. The fraction of sp³-hybridized carbons (Fsp3) is 0.375. The van der Waals surface area contributed by atoms with E-state index in [9.17, 15) is 9.18 Å². The normalized spacial score (nSPS) is 10.6. The van der Waals surface area contributed by atoms with Gasteiger partial charge in [-0.15, -0.1) is 0 Å². The average Bonchev–Trinajstić information content (AvgIpc) is 2.75. The molecular formula is C16H20FN3O2. The van der Waals surface area contributed by atoms with Crippen molar-refractivity contribution in [3.05, 3.63) is 46.5 Å². The third kappa shape index (κ3) is 3.27. The Balaban J connectivity index is 1.97. The van der Waals surface area contributed by atoms with Crippen LogP contribution in [0.15, 0.2) is 18.2 Å². The highest BCUT2D eigenvalue weighted by Crippen LogP contribution is 2.18. The van der Waals surface area contributed by atoms with E-state index in [0.717, 1.165) is 17.0 Å². The van der Waals surface area contributed by atoms with Crippen molar-refractivity contribution < 1.29 is 13.9 Å². The number of carbonyl (C=O) groups excluding carboxylic acids is 1. The minimum Gasteiger partial charge on any atom is -0.494 e. The van der Waals surface area contributed by atoms with Gasteiger partial charge >= 0.3 is 0 Å². The molecule has 0 saturated carbocycles. The number of amides is 1. The highest BCUT2D eigenvalue weighted by molar-refractivity contribution is 5.94. The number of hydrogen-bond donors (Lipinski definition) is 1. The molecule has 1 aromatic carbocycles. The van der Waals surface area contributed by atoms with Crippen molar-refractivity contribution in [2.75, 3.05) is 13.7 Å². The monoisotopic (exact) mass is 305 g/mol. The maximum absolute atomic E-state index is 13.3. The number of ether oxygens (including phenoxy) is 1. The van der Waals surface area contributed by atoms with Crippen LogP contribution in [-0.2, 0) is 6.54 Å². The smallest absolute Gasteiger partial charge is 0.251 e. The van der Waals surface area contributed by atoms with Gasteiger partial charge in [-0.25, -0.2) is 4.39 Å². The van der Waals surface area contributed by atoms with Crippen LogP contribution in [0, 0.1) is 26.6 Å². The van der Waals surface area contributed by atoms with Gasteiger partial charge in [0.1, 0.15) is 0 Å². The number of halogens is 1. The summed E-state index contributed by atoms with van der Waals surface area (Å²) in [4.78, 5) is 12.1. The summed E-state index contributed by atoms with van der Waals surface area (Å²) in [6.45, 7) is 7.02. The molecular weight excluding hydrogens is 285 g/mol. The summed E-state index contributed by atoms with van der Waals surface area (Å²) >= 11 is 0. The fourth-order valence-electron chi connectivity index (χ4n) is 2.18. The third-order valence-electron chi connectivity index (χ3n) is 3.77. The molecule has 0 spiro atoms. The van der Waals surface area contributed by atoms with E-state index in [1.54, 1.807) is 0 Å². The van der Waals surface area contributed by atoms with Gasteiger partial charge in [0.05, 0.1) is 19.3 Å². The van der Waals surface area contributed by atoms with E-state index < -0.39 is 5.82 Å². The molecule has 0 aliphatic heterocycles. The van der Waals surface area contributed by atoms with E-state index in [4.69, 9.17) is 4.74 Å². The van der Waals surface area contributed by atoms with E-state index in [1.807, 2.05) is 25.5 Å². The van der Waals surface area contributed by atoms with Gasteiger partial charge in [0, 0.05) is 17.8 Å². The minimum atomic E-state index is -0.489. The second-order valence-electron chi connectivity index (χ2n) is 5.12. The van der Waals surface area contributed by atoms with E-state index in [0.29, 0.717) is 18.7 Å². The van der Waals surface area contributed by atoms with Gasteiger partial charge in [-0.3, -0.25) is 9.48 Å². The molecule has 0 aliphatic rings. The maximum atomic E-state index is 13.3. The van der Waals surface area contributed by atoms with Crippen LogP contribution < -0.4 is 10.1 Å². The molecule has 1 N–H and O–H groups in total. The Morgan fingerprint density at radius 1 is 1.36 bits per heavy atom. The van der Waals surface area contributed by atoms with Gasteiger partial charge in [0.25, 0.3) is 5.91 Å². The number of nitrogens with one attached hydrogen (secondary N) is 1. The molecule has 0 bridgehead atoms. The summed E-state index contributed by atoms with van der Waals surface area (Å²) < 4.78 is 20.1. The first-order valence-corrected chi connectivity index (χ1v) is 7.06. The number of hydrogen-bond acceptors (Lipinski definition) is 3. The predicted octanol–water partition coefficient (Wildman–Crippen LogP) is 2.39. The summed E-state index contributed by atoms with van der Waals surface area (Å²) in [6.07, 6.45) is 0. The summed E-state index contributed by atoms with van der Waals surface area (Å²) in [5.74, 6) is -0.699. The van der Waals surface area contributed by atoms with Crippen LogP contribution in [-0.4, -0.2) is 29.3 Å². The molecule has 0 atom stereocenters. The van der Waals surface area contributed by atoms with Crippen LogP contribution in [0.3, 0.4) is 0 Å². The second-order valence-corrected chi connectivity index (χ2v) is 5.12. The lowest BCUT2D eigenvalue weighted by Crippen LogP contribution is -2.27. The Kier molecular flexibility index (Phi) is 4.80. The van der Waals surface area contributed by atoms with Crippen LogP contribution in [0.2, 0.25) is 0 Å². The van der Waals surface area contributed by atoms with Crippen LogP contribution in [0.1, 0.15) is 27.3 Å². The number of methoxy groups -OCH3 is 1. The maximum Gasteiger partial charge on any atom is 0.251 e. The van der Waals surface area contributed by atoms with Gasteiger partial charge in [-0.05, 0) is 44.5 Å². The van der Waals surface area contributed by atoms with Gasteiger partial charge in [0.15, 0.2) is 11.6 Å². The standard InChI is InChI=1S/C16H20FN3O2/c1-10-11(2)19-20(12(10)3)8-7-18-16(21)13-5-6-14(17)15(9-13)22-4/h5-6,9H,7-8H2,1-4H3,(H,18,21). The SMILES string of the molecule is COc1cc(C(=O)NCCn2nc(C)c(C)c2C)ccc1F. The van der Waals surface area contributed by atoms with Crippen molar-refractivity contribution in [3.63, 3.8) is 0 Å². The zero-order valence-electron chi connectivity index (χ0n) is 13.2. The van der Waals surface area contributed by atoms with Crippen molar-refractivity contribution in [1.29, 1.82) is 0 Å². The van der Waals surface area contributed by atoms with Gasteiger partial charge in [-0.1, -0.05) is 0 Å². The molecule has 1 heterocycles. The zero-order chi connectivity index (χ0) is 16.3. The van der Waals surface area contributed by atoms with Crippen LogP contribution >= 0.6 is 0 Å². The van der Waals surface area contributed by atoms with Crippen molar-refractivity contribution in [2.45, 2.75) is 27.3 Å². The molecule has 5 nitrogen and oxygen atoms in total. The fourth-order valence-corrected chi connectivity index (χ4v) is 2.18. The summed E-state index contributed by atoms with van der Waals surface area (Å²) in [7, 11) is 1.37. The molecule has 0 fully saturated rings. The number of nitrogens with zero attached hydrogens (tertiary/aromatic N) is 2. The zero-order valence-corrected chi connectivity index (χ0v) is 13.2. The highest BCUT2D eigenvalue weighted by Gasteiger charge is 2.11. The van der Waals surface area contributed by atoms with E-state index in [-0.39, 0.29) is 11.7 Å². The molecule has 1 aromatic heterocycles. The van der Waals surface area contributed by atoms with Crippen LogP contribution in [0.5, 0.6) is 5.75 Å². The Morgan fingerprint density at radius 3 is 2.68 bits per heavy atom. The van der Waals surface area contributed by atoms with E-state index >= 15 is 0 Å². The molecule has 22 heavy (non-hydrogen) atoms. The predicted molar refractivity (Wildman–Crippen MR) is 81.7 cm³/mol. The van der Waals surface area contributed by atoms with Crippen molar-refractivity contribution in [2.24, 2.45) is 0 Å². The Hall–Kier alpha value is -2.37. The molecule has 2 rings (SSSR count). The molecule has 0 saturated heterocycles. The largest absolute Gasteiger partial charge is 0.494 e. The van der Waals surface area contributed by atoms with Crippen molar-refractivity contribution in [3.8, 4) is 5.75 Å². The van der Waals surface area contributed by atoms with Crippen molar-refractivity contribution >= 4 is 5.91 Å². The van der Waals surface area contributed by atoms with Crippen LogP contribution in [0.25, 0.3) is 0 Å². The number of rotatable bonds is 5. The first-order chi connectivity index (χ1) is 10.4. The lowest BCUT2D eigenvalue weighted by Gasteiger charge is -2.08. The van der Waals surface area contributed by atoms with Crippen molar-refractivity contribution in [1.82, 2.24) is 15.1 Å². The topological polar surface area (TPSA) is 56.1 Å².